The minimum Gasteiger partial charge on any atom is -0.755 e. The van der Waals surface area contributed by atoms with Crippen LogP contribution < -0.4 is 9.04 Å². The topological polar surface area (TPSA) is 89.9 Å². The van der Waals surface area contributed by atoms with Crippen LogP contribution in [0, 0.1) is 5.92 Å². The molecule has 2 atom stereocenters. The van der Waals surface area contributed by atoms with Crippen molar-refractivity contribution < 1.29 is 23.4 Å². The molecule has 1 N–H and O–H groups in total. The lowest BCUT2D eigenvalue weighted by molar-refractivity contribution is -0.139. The Kier molecular flexibility index (Phi) is 7.48. The summed E-state index contributed by atoms with van der Waals surface area (Å²) in [5.41, 5.74) is 3.20. The first-order chi connectivity index (χ1) is 16.8. The molecule has 180 valence electrons. The van der Waals surface area contributed by atoms with E-state index in [0.717, 1.165) is 26.7 Å². The molecule has 4 aromatic carbocycles. The number of benzene rings is 4. The molecule has 0 bridgehead atoms. The summed E-state index contributed by atoms with van der Waals surface area (Å²) in [5, 5.41) is 11.9. The molecule has 7 heteroatoms. The first-order valence-electron chi connectivity index (χ1n) is 11.3. The first kappa shape index (κ1) is 24.4. The molecule has 0 aromatic heterocycles. The number of fused-ring (bicyclic) bond motifs is 1. The van der Waals surface area contributed by atoms with Gasteiger partial charge in [-0.1, -0.05) is 74.5 Å². The van der Waals surface area contributed by atoms with E-state index in [1.165, 1.54) is 10.8 Å². The van der Waals surface area contributed by atoms with E-state index in [9.17, 15) is 18.7 Å². The third-order valence-electron chi connectivity index (χ3n) is 5.83. The Hall–Kier alpha value is -3.68. The molecule has 0 radical (unpaired) electrons. The molecule has 0 heterocycles. The molecule has 0 spiro atoms. The number of carboxylic acids is 1. The Labute approximate surface area is 207 Å². The van der Waals surface area contributed by atoms with Gasteiger partial charge in [-0.3, -0.25) is 8.51 Å². The van der Waals surface area contributed by atoms with Crippen LogP contribution in [0.15, 0.2) is 91.0 Å². The number of rotatable bonds is 9. The SMILES string of the molecule is CC(C)C(C(=O)O)N(c1ccc(-c2ccc(OCc3ccc4ccccc4c3)cc2)cc1)S(=O)[O-]. The number of hydrogen-bond acceptors (Lipinski definition) is 4. The molecule has 4 rings (SSSR count). The summed E-state index contributed by atoms with van der Waals surface area (Å²) in [6.45, 7) is 3.81. The number of carbonyl (C=O) groups is 1. The van der Waals surface area contributed by atoms with Crippen LogP contribution in [-0.4, -0.2) is 25.9 Å². The summed E-state index contributed by atoms with van der Waals surface area (Å²) in [5.74, 6) is -0.840. The highest BCUT2D eigenvalue weighted by atomic mass is 32.2. The van der Waals surface area contributed by atoms with Gasteiger partial charge in [0.15, 0.2) is 0 Å². The van der Waals surface area contributed by atoms with E-state index in [1.807, 2.05) is 36.4 Å². The minimum atomic E-state index is -2.72. The fourth-order valence-electron chi connectivity index (χ4n) is 4.04. The van der Waals surface area contributed by atoms with E-state index in [4.69, 9.17) is 4.74 Å². The summed E-state index contributed by atoms with van der Waals surface area (Å²) in [7, 11) is 0. The van der Waals surface area contributed by atoms with Gasteiger partial charge in [0.05, 0.1) is 0 Å². The van der Waals surface area contributed by atoms with Crippen LogP contribution in [-0.2, 0) is 22.7 Å². The van der Waals surface area contributed by atoms with Gasteiger partial charge in [0.1, 0.15) is 18.4 Å². The number of hydrogen-bond donors (Lipinski definition) is 1. The molecule has 0 aliphatic rings. The standard InChI is InChI=1S/C28H27NO5S/c1-19(2)27(28(30)31)29(35(32)33)25-13-9-22(10-14-25)23-11-15-26(16-12-23)34-18-20-7-8-21-5-3-4-6-24(21)17-20/h3-17,19,27H,18H2,1-2H3,(H,30,31)(H,32,33)/p-1. The molecular weight excluding hydrogens is 462 g/mol. The molecule has 0 saturated heterocycles. The third kappa shape index (κ3) is 5.70. The normalized spacial score (nSPS) is 12.9. The van der Waals surface area contributed by atoms with Crippen LogP contribution in [0.5, 0.6) is 5.75 Å². The summed E-state index contributed by atoms with van der Waals surface area (Å²) in [4.78, 5) is 11.7. The van der Waals surface area contributed by atoms with Crippen LogP contribution in [0.1, 0.15) is 19.4 Å². The summed E-state index contributed by atoms with van der Waals surface area (Å²) >= 11 is -2.72. The smallest absolute Gasteiger partial charge is 0.327 e. The Morgan fingerprint density at radius 3 is 2.09 bits per heavy atom. The zero-order valence-corrected chi connectivity index (χ0v) is 20.3. The van der Waals surface area contributed by atoms with Gasteiger partial charge >= 0.3 is 5.97 Å². The summed E-state index contributed by atoms with van der Waals surface area (Å²) in [6, 6.07) is 27.7. The Bertz CT molecular complexity index is 1340. The van der Waals surface area contributed by atoms with Crippen LogP contribution in [0.2, 0.25) is 0 Å². The van der Waals surface area contributed by atoms with Gasteiger partial charge in [-0.2, -0.15) is 0 Å². The fourth-order valence-corrected chi connectivity index (χ4v) is 4.85. The molecule has 0 aliphatic carbocycles. The van der Waals surface area contributed by atoms with E-state index in [2.05, 4.69) is 30.3 Å². The zero-order valence-electron chi connectivity index (χ0n) is 19.5. The number of anilines is 1. The van der Waals surface area contributed by atoms with Crippen molar-refractivity contribution >= 4 is 33.7 Å². The molecule has 6 nitrogen and oxygen atoms in total. The van der Waals surface area contributed by atoms with Crippen LogP contribution >= 0.6 is 0 Å². The molecule has 0 fully saturated rings. The minimum absolute atomic E-state index is 0.304. The van der Waals surface area contributed by atoms with Crippen molar-refractivity contribution in [2.45, 2.75) is 26.5 Å². The van der Waals surface area contributed by atoms with Gasteiger partial charge < -0.3 is 14.4 Å². The number of nitrogens with zero attached hydrogens (tertiary/aromatic N) is 1. The highest BCUT2D eigenvalue weighted by Gasteiger charge is 2.30. The maximum Gasteiger partial charge on any atom is 0.327 e. The van der Waals surface area contributed by atoms with Crippen molar-refractivity contribution in [3.8, 4) is 16.9 Å². The summed E-state index contributed by atoms with van der Waals surface area (Å²) in [6.07, 6.45) is 0. The van der Waals surface area contributed by atoms with E-state index in [1.54, 1.807) is 38.1 Å². The monoisotopic (exact) mass is 488 g/mol. The predicted molar refractivity (Wildman–Crippen MR) is 138 cm³/mol. The second-order valence-corrected chi connectivity index (χ2v) is 9.44. The third-order valence-corrected chi connectivity index (χ3v) is 6.59. The van der Waals surface area contributed by atoms with Crippen molar-refractivity contribution in [3.05, 3.63) is 96.6 Å². The van der Waals surface area contributed by atoms with Gasteiger partial charge in [-0.15, -0.1) is 0 Å². The van der Waals surface area contributed by atoms with E-state index < -0.39 is 29.2 Å². The molecule has 0 aliphatic heterocycles. The maximum atomic E-state index is 11.8. The highest BCUT2D eigenvalue weighted by Crippen LogP contribution is 2.28. The van der Waals surface area contributed by atoms with Crippen molar-refractivity contribution in [2.75, 3.05) is 4.31 Å². The molecule has 2 unspecified atom stereocenters. The average Bonchev–Trinajstić information content (AvgIpc) is 2.85. The quantitative estimate of drug-likeness (QED) is 0.301. The van der Waals surface area contributed by atoms with E-state index in [0.29, 0.717) is 12.3 Å². The van der Waals surface area contributed by atoms with Gasteiger partial charge in [0.25, 0.3) is 0 Å². The van der Waals surface area contributed by atoms with Gasteiger partial charge in [-0.05, 0) is 63.7 Å². The van der Waals surface area contributed by atoms with Crippen molar-refractivity contribution in [1.82, 2.24) is 0 Å². The van der Waals surface area contributed by atoms with Crippen molar-refractivity contribution in [1.29, 1.82) is 0 Å². The largest absolute Gasteiger partial charge is 0.755 e. The summed E-state index contributed by atoms with van der Waals surface area (Å²) < 4.78 is 30.5. The molecule has 0 saturated carbocycles. The second-order valence-electron chi connectivity index (χ2n) is 8.61. The van der Waals surface area contributed by atoms with E-state index >= 15 is 0 Å². The van der Waals surface area contributed by atoms with Crippen LogP contribution in [0.4, 0.5) is 5.69 Å². The Morgan fingerprint density at radius 1 is 0.914 bits per heavy atom. The van der Waals surface area contributed by atoms with Gasteiger partial charge in [0, 0.05) is 17.0 Å². The van der Waals surface area contributed by atoms with Crippen molar-refractivity contribution in [3.63, 3.8) is 0 Å². The lowest BCUT2D eigenvalue weighted by Gasteiger charge is -2.34. The number of carboxylic acid groups (broad SMARTS) is 1. The predicted octanol–water partition coefficient (Wildman–Crippen LogP) is 5.80. The lowest BCUT2D eigenvalue weighted by Crippen LogP contribution is -2.45. The van der Waals surface area contributed by atoms with Crippen molar-refractivity contribution in [2.24, 2.45) is 5.92 Å². The zero-order chi connectivity index (χ0) is 24.9. The fraction of sp³-hybridized carbons (Fsp3) is 0.179. The number of ether oxygens (including phenoxy) is 1. The molecule has 35 heavy (non-hydrogen) atoms. The van der Waals surface area contributed by atoms with Gasteiger partial charge in [0.2, 0.25) is 0 Å². The maximum absolute atomic E-state index is 11.8. The first-order valence-corrected chi connectivity index (χ1v) is 12.3. The Balaban J connectivity index is 1.45. The van der Waals surface area contributed by atoms with Crippen LogP contribution in [0.25, 0.3) is 21.9 Å². The van der Waals surface area contributed by atoms with Crippen LogP contribution in [0.3, 0.4) is 0 Å². The molecule has 4 aromatic rings. The molecular formula is C28H26NO5S-. The average molecular weight is 489 g/mol. The highest BCUT2D eigenvalue weighted by molar-refractivity contribution is 7.80. The molecule has 0 amide bonds. The Morgan fingerprint density at radius 2 is 1.51 bits per heavy atom. The lowest BCUT2D eigenvalue weighted by atomic mass is 10.0. The second kappa shape index (κ2) is 10.7. The number of aliphatic carboxylic acids is 1. The van der Waals surface area contributed by atoms with Gasteiger partial charge in [-0.25, -0.2) is 4.79 Å². The van der Waals surface area contributed by atoms with E-state index in [-0.39, 0.29) is 0 Å².